The van der Waals surface area contributed by atoms with E-state index in [0.717, 1.165) is 0 Å². The van der Waals surface area contributed by atoms with Gasteiger partial charge in [-0.15, -0.1) is 0 Å². The van der Waals surface area contributed by atoms with Gasteiger partial charge in [0, 0.05) is 5.56 Å². The molecule has 20 heavy (non-hydrogen) atoms. The Morgan fingerprint density at radius 3 is 2.55 bits per heavy atom. The molecule has 0 aliphatic heterocycles. The molecule has 1 aromatic rings. The van der Waals surface area contributed by atoms with Gasteiger partial charge in [0.05, 0.1) is 12.5 Å². The number of hydrogen-bond donors (Lipinski definition) is 1. The molecule has 0 bridgehead atoms. The largest absolute Gasteiger partial charge is 0.464 e. The zero-order valence-electron chi connectivity index (χ0n) is 10.9. The molecule has 0 saturated heterocycles. The number of esters is 1. The average Bonchev–Trinajstić information content (AvgIpc) is 3.16. The number of amides is 1. The van der Waals surface area contributed by atoms with Crippen molar-refractivity contribution in [1.82, 2.24) is 5.32 Å². The molecule has 0 spiro atoms. The first-order valence-corrected chi connectivity index (χ1v) is 6.34. The molecule has 0 heterocycles. The molecule has 0 radical (unpaired) electrons. The van der Waals surface area contributed by atoms with Gasteiger partial charge in [0.15, 0.2) is 0 Å². The third kappa shape index (κ3) is 2.64. The van der Waals surface area contributed by atoms with E-state index in [1.54, 1.807) is 37.3 Å². The van der Waals surface area contributed by atoms with Crippen LogP contribution in [0.25, 0.3) is 0 Å². The van der Waals surface area contributed by atoms with Crippen molar-refractivity contribution in [3.05, 3.63) is 35.9 Å². The molecule has 1 aromatic carbocycles. The predicted molar refractivity (Wildman–Crippen MR) is 67.4 cm³/mol. The summed E-state index contributed by atoms with van der Waals surface area (Å²) in [6, 6.07) is 8.14. The first-order chi connectivity index (χ1) is 9.51. The van der Waals surface area contributed by atoms with E-state index < -0.39 is 29.8 Å². The Bertz CT molecular complexity index is 506. The highest BCUT2D eigenvalue weighted by molar-refractivity contribution is 5.99. The molecular weight excluding hydrogens is 268 g/mol. The second kappa shape index (κ2) is 5.56. The summed E-state index contributed by atoms with van der Waals surface area (Å²) in [5.41, 5.74) is -1.27. The SMILES string of the molecule is CCOC(=O)C1(NC(=O)c2ccccc2)CC1C(F)F. The van der Waals surface area contributed by atoms with E-state index >= 15 is 0 Å². The Morgan fingerprint density at radius 2 is 2.05 bits per heavy atom. The molecule has 1 fully saturated rings. The maximum absolute atomic E-state index is 12.8. The summed E-state index contributed by atoms with van der Waals surface area (Å²) < 4.78 is 30.4. The highest BCUT2D eigenvalue weighted by Gasteiger charge is 2.66. The Morgan fingerprint density at radius 1 is 1.40 bits per heavy atom. The van der Waals surface area contributed by atoms with Gasteiger partial charge < -0.3 is 10.1 Å². The Kier molecular flexibility index (Phi) is 4.01. The van der Waals surface area contributed by atoms with Crippen LogP contribution in [0.5, 0.6) is 0 Å². The summed E-state index contributed by atoms with van der Waals surface area (Å²) in [5.74, 6) is -2.54. The number of halogens is 2. The summed E-state index contributed by atoms with van der Waals surface area (Å²) >= 11 is 0. The highest BCUT2D eigenvalue weighted by Crippen LogP contribution is 2.48. The second-order valence-corrected chi connectivity index (χ2v) is 4.66. The smallest absolute Gasteiger partial charge is 0.332 e. The topological polar surface area (TPSA) is 55.4 Å². The molecule has 1 N–H and O–H groups in total. The Hall–Kier alpha value is -1.98. The molecule has 1 aliphatic rings. The molecule has 2 unspecified atom stereocenters. The van der Waals surface area contributed by atoms with Crippen LogP contribution in [0.2, 0.25) is 0 Å². The number of hydrogen-bond acceptors (Lipinski definition) is 3. The van der Waals surface area contributed by atoms with E-state index in [0.29, 0.717) is 5.56 Å². The fourth-order valence-corrected chi connectivity index (χ4v) is 2.15. The number of alkyl halides is 2. The molecule has 0 aromatic heterocycles. The second-order valence-electron chi connectivity index (χ2n) is 4.66. The Labute approximate surface area is 115 Å². The van der Waals surface area contributed by atoms with Crippen LogP contribution in [-0.4, -0.2) is 30.4 Å². The molecule has 2 atom stereocenters. The van der Waals surface area contributed by atoms with Gasteiger partial charge in [0.2, 0.25) is 6.43 Å². The van der Waals surface area contributed by atoms with Crippen LogP contribution >= 0.6 is 0 Å². The Balaban J connectivity index is 2.14. The van der Waals surface area contributed by atoms with Gasteiger partial charge in [-0.2, -0.15) is 0 Å². The van der Waals surface area contributed by atoms with Crippen LogP contribution in [-0.2, 0) is 9.53 Å². The van der Waals surface area contributed by atoms with Crippen LogP contribution < -0.4 is 5.32 Å². The molecule has 6 heteroatoms. The zero-order valence-corrected chi connectivity index (χ0v) is 10.9. The first-order valence-electron chi connectivity index (χ1n) is 6.34. The van der Waals surface area contributed by atoms with Crippen molar-refractivity contribution in [2.75, 3.05) is 6.61 Å². The van der Waals surface area contributed by atoms with Gasteiger partial charge in [-0.3, -0.25) is 4.79 Å². The minimum absolute atomic E-state index is 0.0811. The van der Waals surface area contributed by atoms with Gasteiger partial charge in [0.1, 0.15) is 5.54 Å². The minimum Gasteiger partial charge on any atom is -0.464 e. The lowest BCUT2D eigenvalue weighted by Crippen LogP contribution is -2.46. The lowest BCUT2D eigenvalue weighted by molar-refractivity contribution is -0.147. The van der Waals surface area contributed by atoms with Crippen molar-refractivity contribution in [2.24, 2.45) is 5.92 Å². The fourth-order valence-electron chi connectivity index (χ4n) is 2.15. The van der Waals surface area contributed by atoms with Crippen LogP contribution in [0.15, 0.2) is 30.3 Å². The maximum Gasteiger partial charge on any atom is 0.332 e. The third-order valence-electron chi connectivity index (χ3n) is 3.33. The van der Waals surface area contributed by atoms with Gasteiger partial charge in [-0.1, -0.05) is 18.2 Å². The van der Waals surface area contributed by atoms with Gasteiger partial charge >= 0.3 is 5.97 Å². The van der Waals surface area contributed by atoms with Crippen molar-refractivity contribution in [3.8, 4) is 0 Å². The monoisotopic (exact) mass is 283 g/mol. The van der Waals surface area contributed by atoms with E-state index in [1.165, 1.54) is 0 Å². The number of benzene rings is 1. The van der Waals surface area contributed by atoms with Gasteiger partial charge in [-0.05, 0) is 25.5 Å². The summed E-state index contributed by atoms with van der Waals surface area (Å²) in [4.78, 5) is 23.9. The molecule has 1 amide bonds. The molecular formula is C14H15F2NO3. The molecule has 4 nitrogen and oxygen atoms in total. The average molecular weight is 283 g/mol. The molecule has 1 saturated carbocycles. The number of carbonyl (C=O) groups is 2. The molecule has 1 aliphatic carbocycles. The summed E-state index contributed by atoms with van der Waals surface area (Å²) in [6.45, 7) is 1.67. The minimum atomic E-state index is -2.67. The maximum atomic E-state index is 12.8. The predicted octanol–water partition coefficient (Wildman–Crippen LogP) is 2.00. The summed E-state index contributed by atoms with van der Waals surface area (Å²) in [6.07, 6.45) is -2.77. The lowest BCUT2D eigenvalue weighted by atomic mass is 10.1. The summed E-state index contributed by atoms with van der Waals surface area (Å²) in [7, 11) is 0. The van der Waals surface area contributed by atoms with E-state index in [2.05, 4.69) is 5.32 Å². The fraction of sp³-hybridized carbons (Fsp3) is 0.429. The highest BCUT2D eigenvalue weighted by atomic mass is 19.3. The van der Waals surface area contributed by atoms with Crippen molar-refractivity contribution in [3.63, 3.8) is 0 Å². The van der Waals surface area contributed by atoms with Crippen LogP contribution in [0.4, 0.5) is 8.78 Å². The normalized spacial score (nSPS) is 24.3. The lowest BCUT2D eigenvalue weighted by Gasteiger charge is -2.17. The molecule has 108 valence electrons. The van der Waals surface area contributed by atoms with Gasteiger partial charge in [0.25, 0.3) is 5.91 Å². The quantitative estimate of drug-likeness (QED) is 0.841. The number of rotatable bonds is 5. The van der Waals surface area contributed by atoms with Crippen molar-refractivity contribution in [1.29, 1.82) is 0 Å². The van der Waals surface area contributed by atoms with E-state index in [4.69, 9.17) is 4.74 Å². The van der Waals surface area contributed by atoms with E-state index in [-0.39, 0.29) is 13.0 Å². The number of carbonyl (C=O) groups excluding carboxylic acids is 2. The van der Waals surface area contributed by atoms with Crippen molar-refractivity contribution >= 4 is 11.9 Å². The summed E-state index contributed by atoms with van der Waals surface area (Å²) in [5, 5.41) is 2.41. The van der Waals surface area contributed by atoms with Crippen LogP contribution in [0.3, 0.4) is 0 Å². The van der Waals surface area contributed by atoms with Crippen molar-refractivity contribution < 1.29 is 23.1 Å². The van der Waals surface area contributed by atoms with E-state index in [9.17, 15) is 18.4 Å². The standard InChI is InChI=1S/C14H15F2NO3/c1-2-20-13(19)14(8-10(14)11(15)16)17-12(18)9-6-4-3-5-7-9/h3-7,10-11H,2,8H2,1H3,(H,17,18). The third-order valence-corrected chi connectivity index (χ3v) is 3.33. The number of nitrogens with one attached hydrogen (secondary N) is 1. The van der Waals surface area contributed by atoms with Gasteiger partial charge in [-0.25, -0.2) is 13.6 Å². The van der Waals surface area contributed by atoms with Crippen LogP contribution in [0.1, 0.15) is 23.7 Å². The first kappa shape index (κ1) is 14.4. The number of ether oxygens (including phenoxy) is 1. The van der Waals surface area contributed by atoms with Crippen LogP contribution in [0, 0.1) is 5.92 Å². The van der Waals surface area contributed by atoms with Crippen molar-refractivity contribution in [2.45, 2.75) is 25.3 Å². The zero-order chi connectivity index (χ0) is 14.8. The molecule has 2 rings (SSSR count). The van der Waals surface area contributed by atoms with E-state index in [1.807, 2.05) is 0 Å².